The molecule has 0 aliphatic carbocycles. The van der Waals surface area contributed by atoms with E-state index in [2.05, 4.69) is 0 Å². The van der Waals surface area contributed by atoms with Gasteiger partial charge in [-0.3, -0.25) is 4.79 Å². The summed E-state index contributed by atoms with van der Waals surface area (Å²) in [6.07, 6.45) is 3.14. The maximum atomic E-state index is 12.6. The molecule has 154 valence electrons. The summed E-state index contributed by atoms with van der Waals surface area (Å²) in [5.74, 6) is -3.19. The lowest BCUT2D eigenvalue weighted by Gasteiger charge is -2.42. The molecule has 0 saturated carbocycles. The third-order valence-electron chi connectivity index (χ3n) is 5.10. The van der Waals surface area contributed by atoms with Gasteiger partial charge in [0, 0.05) is 35.0 Å². The summed E-state index contributed by atoms with van der Waals surface area (Å²) in [5.41, 5.74) is 0.614. The number of hydrogen-bond acceptors (Lipinski definition) is 6. The predicted molar refractivity (Wildman–Crippen MR) is 107 cm³/mol. The van der Waals surface area contributed by atoms with Gasteiger partial charge in [-0.15, -0.1) is 0 Å². The minimum Gasteiger partial charge on any atom is -0.465 e. The monoisotopic (exact) mass is 399 g/mol. The quantitative estimate of drug-likeness (QED) is 0.445. The van der Waals surface area contributed by atoms with Crippen LogP contribution in [0.3, 0.4) is 0 Å². The van der Waals surface area contributed by atoms with Gasteiger partial charge in [0.25, 0.3) is 5.79 Å². The first kappa shape index (κ1) is 20.6. The zero-order valence-corrected chi connectivity index (χ0v) is 17.3. The van der Waals surface area contributed by atoms with Gasteiger partial charge in [0.05, 0.1) is 6.61 Å². The number of para-hydroxylation sites is 1. The van der Waals surface area contributed by atoms with Crippen LogP contribution in [0.5, 0.6) is 0 Å². The van der Waals surface area contributed by atoms with E-state index >= 15 is 0 Å². The van der Waals surface area contributed by atoms with Crippen molar-refractivity contribution in [2.24, 2.45) is 5.41 Å². The van der Waals surface area contributed by atoms with Crippen molar-refractivity contribution >= 4 is 34.9 Å². The summed E-state index contributed by atoms with van der Waals surface area (Å²) in [6, 6.07) is 7.39. The summed E-state index contributed by atoms with van der Waals surface area (Å²) in [5, 5.41) is 0.786. The lowest BCUT2D eigenvalue weighted by molar-refractivity contribution is -0.261. The Morgan fingerprint density at radius 3 is 2.38 bits per heavy atom. The first-order valence-electron chi connectivity index (χ1n) is 9.47. The molecule has 1 aliphatic heterocycles. The number of benzene rings is 1. The van der Waals surface area contributed by atoms with E-state index in [0.29, 0.717) is 12.2 Å². The highest BCUT2D eigenvalue weighted by Crippen LogP contribution is 2.39. The highest BCUT2D eigenvalue weighted by Gasteiger charge is 2.50. The molecule has 2 heterocycles. The Morgan fingerprint density at radius 1 is 1.17 bits per heavy atom. The maximum absolute atomic E-state index is 12.6. The molecule has 0 atom stereocenters. The molecule has 0 N–H and O–H groups in total. The Kier molecular flexibility index (Phi) is 5.26. The highest BCUT2D eigenvalue weighted by atomic mass is 16.7. The van der Waals surface area contributed by atoms with Gasteiger partial charge in [-0.25, -0.2) is 9.59 Å². The first-order chi connectivity index (χ1) is 13.6. The Balaban J connectivity index is 1.99. The molecule has 7 heteroatoms. The molecule has 1 aromatic heterocycles. The largest absolute Gasteiger partial charge is 0.465 e. The standard InChI is InChI=1S/C22H25NO6/c1-6-27-18(24)13-23-12-14(15-9-7-8-10-17(15)23)11-16-19(25)28-22(5,21(2,3)4)29-20(16)26/h7-12H,6,13H2,1-5H3. The fourth-order valence-electron chi connectivity index (χ4n) is 3.01. The van der Waals surface area contributed by atoms with E-state index in [9.17, 15) is 14.4 Å². The second-order valence-electron chi connectivity index (χ2n) is 8.07. The van der Waals surface area contributed by atoms with E-state index in [1.165, 1.54) is 6.08 Å². The average molecular weight is 399 g/mol. The minimum absolute atomic E-state index is 0.0223. The molecule has 1 aliphatic rings. The molecule has 2 aromatic rings. The van der Waals surface area contributed by atoms with Gasteiger partial charge in [0.2, 0.25) is 0 Å². The van der Waals surface area contributed by atoms with Crippen LogP contribution in [-0.2, 0) is 35.1 Å². The van der Waals surface area contributed by atoms with Crippen LogP contribution in [0.25, 0.3) is 17.0 Å². The number of carbonyl (C=O) groups is 3. The van der Waals surface area contributed by atoms with Gasteiger partial charge in [0.1, 0.15) is 12.1 Å². The van der Waals surface area contributed by atoms with E-state index in [-0.39, 0.29) is 18.1 Å². The van der Waals surface area contributed by atoms with Crippen LogP contribution >= 0.6 is 0 Å². The van der Waals surface area contributed by atoms with Crippen LogP contribution in [0, 0.1) is 5.41 Å². The zero-order chi connectivity index (χ0) is 21.4. The van der Waals surface area contributed by atoms with E-state index in [4.69, 9.17) is 14.2 Å². The Morgan fingerprint density at radius 2 is 1.79 bits per heavy atom. The van der Waals surface area contributed by atoms with Crippen molar-refractivity contribution in [2.75, 3.05) is 6.61 Å². The highest BCUT2D eigenvalue weighted by molar-refractivity contribution is 6.19. The van der Waals surface area contributed by atoms with Crippen LogP contribution in [0.1, 0.15) is 40.2 Å². The maximum Gasteiger partial charge on any atom is 0.348 e. The molecule has 1 saturated heterocycles. The van der Waals surface area contributed by atoms with Gasteiger partial charge >= 0.3 is 17.9 Å². The first-order valence-corrected chi connectivity index (χ1v) is 9.47. The van der Waals surface area contributed by atoms with Crippen molar-refractivity contribution in [1.82, 2.24) is 4.57 Å². The van der Waals surface area contributed by atoms with Crippen LogP contribution in [0.2, 0.25) is 0 Å². The number of hydrogen-bond donors (Lipinski definition) is 0. The van der Waals surface area contributed by atoms with Crippen LogP contribution in [0.4, 0.5) is 0 Å². The van der Waals surface area contributed by atoms with Crippen LogP contribution < -0.4 is 0 Å². The number of esters is 3. The van der Waals surface area contributed by atoms with E-state index in [1.807, 2.05) is 45.0 Å². The number of aromatic nitrogens is 1. The van der Waals surface area contributed by atoms with Gasteiger partial charge < -0.3 is 18.8 Å². The number of nitrogens with zero attached hydrogens (tertiary/aromatic N) is 1. The number of carbonyl (C=O) groups excluding carboxylic acids is 3. The summed E-state index contributed by atoms with van der Waals surface area (Å²) >= 11 is 0. The molecular weight excluding hydrogens is 374 g/mol. The third-order valence-corrected chi connectivity index (χ3v) is 5.10. The second kappa shape index (κ2) is 7.39. The topological polar surface area (TPSA) is 83.8 Å². The lowest BCUT2D eigenvalue weighted by Crippen LogP contribution is -2.52. The zero-order valence-electron chi connectivity index (χ0n) is 17.3. The van der Waals surface area contributed by atoms with Gasteiger partial charge in [-0.1, -0.05) is 39.0 Å². The Hall–Kier alpha value is -3.09. The number of cyclic esters (lactones) is 2. The fraction of sp³-hybridized carbons (Fsp3) is 0.409. The van der Waals surface area contributed by atoms with Crippen LogP contribution in [0.15, 0.2) is 36.0 Å². The Labute approximate surface area is 169 Å². The smallest absolute Gasteiger partial charge is 0.348 e. The lowest BCUT2D eigenvalue weighted by atomic mass is 9.85. The van der Waals surface area contributed by atoms with E-state index in [1.54, 1.807) is 24.6 Å². The molecule has 7 nitrogen and oxygen atoms in total. The Bertz CT molecular complexity index is 988. The summed E-state index contributed by atoms with van der Waals surface area (Å²) in [6.45, 7) is 9.10. The minimum atomic E-state index is -1.35. The van der Waals surface area contributed by atoms with Crippen molar-refractivity contribution in [1.29, 1.82) is 0 Å². The molecule has 1 fully saturated rings. The van der Waals surface area contributed by atoms with E-state index in [0.717, 1.165) is 10.9 Å². The summed E-state index contributed by atoms with van der Waals surface area (Å²) in [4.78, 5) is 37.1. The molecule has 29 heavy (non-hydrogen) atoms. The molecule has 0 spiro atoms. The molecule has 3 rings (SSSR count). The molecular formula is C22H25NO6. The van der Waals surface area contributed by atoms with Crippen molar-refractivity contribution in [3.63, 3.8) is 0 Å². The van der Waals surface area contributed by atoms with Gasteiger partial charge in [-0.05, 0) is 19.1 Å². The van der Waals surface area contributed by atoms with Crippen molar-refractivity contribution in [2.45, 2.75) is 47.0 Å². The third kappa shape index (κ3) is 3.90. The summed E-state index contributed by atoms with van der Waals surface area (Å²) < 4.78 is 17.7. The van der Waals surface area contributed by atoms with E-state index < -0.39 is 23.1 Å². The molecule has 0 amide bonds. The van der Waals surface area contributed by atoms with Crippen molar-refractivity contribution < 1.29 is 28.6 Å². The molecule has 0 unspecified atom stereocenters. The molecule has 0 bridgehead atoms. The van der Waals surface area contributed by atoms with Gasteiger partial charge in [-0.2, -0.15) is 0 Å². The van der Waals surface area contributed by atoms with Crippen LogP contribution in [-0.4, -0.2) is 34.9 Å². The average Bonchev–Trinajstić information content (AvgIpc) is 2.95. The van der Waals surface area contributed by atoms with Gasteiger partial charge in [0.15, 0.2) is 0 Å². The number of rotatable bonds is 4. The summed E-state index contributed by atoms with van der Waals surface area (Å²) in [7, 11) is 0. The SMILES string of the molecule is CCOC(=O)Cn1cc(C=C2C(=O)OC(C)(C(C)(C)C)OC2=O)c2ccccc21. The predicted octanol–water partition coefficient (Wildman–Crippen LogP) is 3.45. The van der Waals surface area contributed by atoms with Crippen molar-refractivity contribution in [3.8, 4) is 0 Å². The second-order valence-corrected chi connectivity index (χ2v) is 8.07. The molecule has 0 radical (unpaired) electrons. The molecule has 1 aromatic carbocycles. The normalized spacial score (nSPS) is 19.7. The fourth-order valence-corrected chi connectivity index (χ4v) is 3.01. The number of fused-ring (bicyclic) bond motifs is 1. The number of ether oxygens (including phenoxy) is 3. The van der Waals surface area contributed by atoms with Crippen molar-refractivity contribution in [3.05, 3.63) is 41.6 Å².